The molecule has 0 fully saturated rings. The van der Waals surface area contributed by atoms with E-state index >= 15 is 0 Å². The highest BCUT2D eigenvalue weighted by Crippen LogP contribution is 2.15. The first-order chi connectivity index (χ1) is 12.0. The van der Waals surface area contributed by atoms with Crippen LogP contribution in [0.4, 0.5) is 0 Å². The number of likely N-dealkylation sites (N-methyl/N-ethyl adjacent to an activating group) is 1. The number of benzene rings is 2. The van der Waals surface area contributed by atoms with Crippen LogP contribution in [0, 0.1) is 0 Å². The summed E-state index contributed by atoms with van der Waals surface area (Å²) in [6.07, 6.45) is 0. The fourth-order valence-electron chi connectivity index (χ4n) is 2.44. The van der Waals surface area contributed by atoms with Crippen LogP contribution in [-0.4, -0.2) is 36.0 Å². The topological polar surface area (TPSA) is 62.4 Å². The molecule has 1 amide bonds. The molecule has 128 valence electrons. The molecule has 5 nitrogen and oxygen atoms in total. The van der Waals surface area contributed by atoms with Crippen molar-refractivity contribution in [2.75, 3.05) is 20.2 Å². The van der Waals surface area contributed by atoms with E-state index in [1.807, 2.05) is 18.2 Å². The molecule has 0 saturated carbocycles. The zero-order chi connectivity index (χ0) is 17.8. The smallest absolute Gasteiger partial charge is 0.261 e. The molecule has 25 heavy (non-hydrogen) atoms. The Bertz CT molecular complexity index is 951. The van der Waals surface area contributed by atoms with Crippen molar-refractivity contribution in [1.29, 1.82) is 0 Å². The Balaban J connectivity index is 1.67. The summed E-state index contributed by atoms with van der Waals surface area (Å²) in [4.78, 5) is 28.9. The number of hydrogen-bond donors (Lipinski definition) is 1. The van der Waals surface area contributed by atoms with Gasteiger partial charge in [-0.05, 0) is 41.8 Å². The maximum absolute atomic E-state index is 12.5. The molecule has 3 aromatic rings. The first kappa shape index (κ1) is 17.0. The number of para-hydroxylation sites is 1. The SMILES string of the molecule is CN(CCOc1ccc(Cl)cc1)C(=O)c1cc2ccccc2[nH]c1=O. The minimum atomic E-state index is -0.394. The van der Waals surface area contributed by atoms with E-state index in [4.69, 9.17) is 16.3 Å². The number of fused-ring (bicyclic) bond motifs is 1. The van der Waals surface area contributed by atoms with Crippen molar-refractivity contribution in [1.82, 2.24) is 9.88 Å². The van der Waals surface area contributed by atoms with Gasteiger partial charge in [0.1, 0.15) is 17.9 Å². The maximum atomic E-state index is 12.5. The lowest BCUT2D eigenvalue weighted by Gasteiger charge is -2.17. The lowest BCUT2D eigenvalue weighted by atomic mass is 10.1. The van der Waals surface area contributed by atoms with Gasteiger partial charge in [-0.3, -0.25) is 9.59 Å². The Kier molecular flexibility index (Phi) is 5.05. The summed E-state index contributed by atoms with van der Waals surface area (Å²) in [5.41, 5.74) is 0.430. The number of halogens is 1. The summed E-state index contributed by atoms with van der Waals surface area (Å²) in [5.74, 6) is 0.334. The lowest BCUT2D eigenvalue weighted by Crippen LogP contribution is -2.34. The van der Waals surface area contributed by atoms with E-state index in [1.54, 1.807) is 43.4 Å². The monoisotopic (exact) mass is 356 g/mol. The summed E-state index contributed by atoms with van der Waals surface area (Å²) in [6, 6.07) is 16.0. The maximum Gasteiger partial charge on any atom is 0.261 e. The fraction of sp³-hybridized carbons (Fsp3) is 0.158. The van der Waals surface area contributed by atoms with Crippen LogP contribution >= 0.6 is 11.6 Å². The Hall–Kier alpha value is -2.79. The number of H-pyrrole nitrogens is 1. The number of rotatable bonds is 5. The van der Waals surface area contributed by atoms with Gasteiger partial charge in [0.05, 0.1) is 6.54 Å². The minimum Gasteiger partial charge on any atom is -0.492 e. The second-order valence-corrected chi connectivity index (χ2v) is 6.06. The number of nitrogens with zero attached hydrogens (tertiary/aromatic N) is 1. The molecule has 3 rings (SSSR count). The number of carbonyl (C=O) groups is 1. The molecular formula is C19H17ClN2O3. The molecule has 1 aromatic heterocycles. The molecule has 0 bridgehead atoms. The average molecular weight is 357 g/mol. The summed E-state index contributed by atoms with van der Waals surface area (Å²) in [5, 5.41) is 1.45. The largest absolute Gasteiger partial charge is 0.492 e. The van der Waals surface area contributed by atoms with E-state index in [1.165, 1.54) is 4.90 Å². The average Bonchev–Trinajstić information content (AvgIpc) is 2.62. The van der Waals surface area contributed by atoms with E-state index in [-0.39, 0.29) is 11.5 Å². The summed E-state index contributed by atoms with van der Waals surface area (Å²) in [6.45, 7) is 0.670. The first-order valence-electron chi connectivity index (χ1n) is 7.80. The van der Waals surface area contributed by atoms with Crippen molar-refractivity contribution < 1.29 is 9.53 Å². The van der Waals surface area contributed by atoms with Crippen LogP contribution in [0.25, 0.3) is 10.9 Å². The van der Waals surface area contributed by atoms with Crippen molar-refractivity contribution in [2.45, 2.75) is 0 Å². The predicted octanol–water partition coefficient (Wildman–Crippen LogP) is 3.33. The quantitative estimate of drug-likeness (QED) is 0.762. The molecule has 0 aliphatic heterocycles. The second-order valence-electron chi connectivity index (χ2n) is 5.63. The van der Waals surface area contributed by atoms with Gasteiger partial charge < -0.3 is 14.6 Å². The van der Waals surface area contributed by atoms with Gasteiger partial charge in [-0.15, -0.1) is 0 Å². The van der Waals surface area contributed by atoms with Crippen LogP contribution in [0.15, 0.2) is 59.4 Å². The summed E-state index contributed by atoms with van der Waals surface area (Å²) < 4.78 is 5.58. The molecule has 2 aromatic carbocycles. The molecule has 0 spiro atoms. The van der Waals surface area contributed by atoms with Crippen LogP contribution in [-0.2, 0) is 0 Å². The summed E-state index contributed by atoms with van der Waals surface area (Å²) >= 11 is 5.82. The van der Waals surface area contributed by atoms with Crippen molar-refractivity contribution in [3.8, 4) is 5.75 Å². The highest BCUT2D eigenvalue weighted by Gasteiger charge is 2.16. The Morgan fingerprint density at radius 3 is 2.64 bits per heavy atom. The molecule has 0 aliphatic carbocycles. The number of aromatic amines is 1. The first-order valence-corrected chi connectivity index (χ1v) is 8.18. The summed E-state index contributed by atoms with van der Waals surface area (Å²) in [7, 11) is 1.64. The number of ether oxygens (including phenoxy) is 1. The van der Waals surface area contributed by atoms with Gasteiger partial charge in [0.15, 0.2) is 0 Å². The Morgan fingerprint density at radius 2 is 1.88 bits per heavy atom. The van der Waals surface area contributed by atoms with Gasteiger partial charge in [-0.1, -0.05) is 29.8 Å². The van der Waals surface area contributed by atoms with Gasteiger partial charge in [0.2, 0.25) is 0 Å². The normalized spacial score (nSPS) is 10.6. The van der Waals surface area contributed by atoms with Gasteiger partial charge >= 0.3 is 0 Å². The van der Waals surface area contributed by atoms with E-state index in [2.05, 4.69) is 4.98 Å². The Morgan fingerprint density at radius 1 is 1.16 bits per heavy atom. The number of hydrogen-bond acceptors (Lipinski definition) is 3. The standard InChI is InChI=1S/C19H17ClN2O3/c1-22(10-11-25-15-8-6-14(20)7-9-15)19(24)16-12-13-4-2-3-5-17(13)21-18(16)23/h2-9,12H,10-11H2,1H3,(H,21,23). The number of nitrogens with one attached hydrogen (secondary N) is 1. The molecular weight excluding hydrogens is 340 g/mol. The van der Waals surface area contributed by atoms with Crippen LogP contribution in [0.2, 0.25) is 5.02 Å². The van der Waals surface area contributed by atoms with E-state index in [0.717, 1.165) is 5.39 Å². The van der Waals surface area contributed by atoms with Crippen LogP contribution in [0.5, 0.6) is 5.75 Å². The highest BCUT2D eigenvalue weighted by molar-refractivity contribution is 6.30. The Labute approximate surface area is 149 Å². The predicted molar refractivity (Wildman–Crippen MR) is 98.5 cm³/mol. The van der Waals surface area contributed by atoms with E-state index < -0.39 is 5.56 Å². The highest BCUT2D eigenvalue weighted by atomic mass is 35.5. The molecule has 1 heterocycles. The number of pyridine rings is 1. The molecule has 6 heteroatoms. The molecule has 0 aliphatic rings. The van der Waals surface area contributed by atoms with E-state index in [9.17, 15) is 9.59 Å². The lowest BCUT2D eigenvalue weighted by molar-refractivity contribution is 0.0772. The van der Waals surface area contributed by atoms with Gasteiger partial charge in [-0.25, -0.2) is 0 Å². The second kappa shape index (κ2) is 7.40. The molecule has 0 radical (unpaired) electrons. The number of amides is 1. The van der Waals surface area contributed by atoms with Crippen molar-refractivity contribution >= 4 is 28.4 Å². The zero-order valence-electron chi connectivity index (χ0n) is 13.7. The molecule has 0 unspecified atom stereocenters. The molecule has 0 atom stereocenters. The van der Waals surface area contributed by atoms with Crippen molar-refractivity contribution in [3.05, 3.63) is 75.5 Å². The fourth-order valence-corrected chi connectivity index (χ4v) is 2.57. The van der Waals surface area contributed by atoms with Crippen molar-refractivity contribution in [2.24, 2.45) is 0 Å². The van der Waals surface area contributed by atoms with Gasteiger partial charge in [0, 0.05) is 17.6 Å². The van der Waals surface area contributed by atoms with E-state index in [0.29, 0.717) is 29.4 Å². The van der Waals surface area contributed by atoms with Gasteiger partial charge in [-0.2, -0.15) is 0 Å². The van der Waals surface area contributed by atoms with Crippen molar-refractivity contribution in [3.63, 3.8) is 0 Å². The molecule has 1 N–H and O–H groups in total. The minimum absolute atomic E-state index is 0.118. The number of carbonyl (C=O) groups excluding carboxylic acids is 1. The third-order valence-electron chi connectivity index (χ3n) is 3.84. The third-order valence-corrected chi connectivity index (χ3v) is 4.09. The third kappa shape index (κ3) is 4.00. The van der Waals surface area contributed by atoms with Crippen LogP contribution in [0.1, 0.15) is 10.4 Å². The van der Waals surface area contributed by atoms with Crippen LogP contribution < -0.4 is 10.3 Å². The van der Waals surface area contributed by atoms with Crippen LogP contribution in [0.3, 0.4) is 0 Å². The van der Waals surface area contributed by atoms with Gasteiger partial charge in [0.25, 0.3) is 11.5 Å². The zero-order valence-corrected chi connectivity index (χ0v) is 14.4. The number of aromatic nitrogens is 1. The molecule has 0 saturated heterocycles.